The van der Waals surface area contributed by atoms with E-state index in [0.717, 1.165) is 37.7 Å². The molecule has 1 radical (unpaired) electrons. The third kappa shape index (κ3) is 4.48. The molecular weight excluding hydrogens is 368 g/mol. The quantitative estimate of drug-likeness (QED) is 0.718. The first kappa shape index (κ1) is 19.2. The van der Waals surface area contributed by atoms with E-state index < -0.39 is 0 Å². The molecule has 1 saturated heterocycles. The number of rotatable bonds is 5. The number of benzene rings is 2. The maximum Gasteiger partial charge on any atom is 0.233 e. The highest BCUT2D eigenvalue weighted by Crippen LogP contribution is 2.33. The van der Waals surface area contributed by atoms with Crippen LogP contribution in [0.2, 0.25) is 5.02 Å². The van der Waals surface area contributed by atoms with Crippen LogP contribution < -0.4 is 4.90 Å². The van der Waals surface area contributed by atoms with Crippen LogP contribution in [0.4, 0.5) is 5.69 Å². The molecule has 4 heteroatoms. The van der Waals surface area contributed by atoms with Gasteiger partial charge in [0.1, 0.15) is 0 Å². The van der Waals surface area contributed by atoms with E-state index in [0.29, 0.717) is 5.56 Å². The Hall–Kier alpha value is -2.10. The Labute approximate surface area is 172 Å². The second-order valence-electron chi connectivity index (χ2n) is 7.71. The van der Waals surface area contributed by atoms with Crippen LogP contribution in [0.1, 0.15) is 36.8 Å². The number of anilines is 1. The Morgan fingerprint density at radius 2 is 1.54 bits per heavy atom. The zero-order valence-corrected chi connectivity index (χ0v) is 16.9. The number of piperazine rings is 1. The Morgan fingerprint density at radius 3 is 2.21 bits per heavy atom. The zero-order valence-electron chi connectivity index (χ0n) is 16.2. The molecule has 1 aliphatic heterocycles. The van der Waals surface area contributed by atoms with E-state index in [1.165, 1.54) is 42.5 Å². The van der Waals surface area contributed by atoms with Crippen molar-refractivity contribution in [1.82, 2.24) is 4.90 Å². The zero-order chi connectivity index (χ0) is 19.3. The minimum atomic E-state index is 0.612. The van der Waals surface area contributed by atoms with Crippen molar-refractivity contribution in [2.75, 3.05) is 37.6 Å². The molecule has 0 N–H and O–H groups in total. The van der Waals surface area contributed by atoms with Crippen LogP contribution in [-0.4, -0.2) is 43.9 Å². The molecule has 2 aromatic rings. The molecule has 0 unspecified atom stereocenters. The first-order chi connectivity index (χ1) is 13.7. The van der Waals surface area contributed by atoms with Gasteiger partial charge in [-0.15, -0.1) is 0 Å². The summed E-state index contributed by atoms with van der Waals surface area (Å²) in [6, 6.07) is 16.1. The Bertz CT molecular complexity index is 834. The summed E-state index contributed by atoms with van der Waals surface area (Å²) in [4.78, 5) is 15.7. The van der Waals surface area contributed by atoms with Gasteiger partial charge in [-0.2, -0.15) is 0 Å². The molecule has 0 spiro atoms. The highest BCUT2D eigenvalue weighted by Gasteiger charge is 2.21. The van der Waals surface area contributed by atoms with E-state index in [-0.39, 0.29) is 0 Å². The van der Waals surface area contributed by atoms with E-state index >= 15 is 0 Å². The fourth-order valence-corrected chi connectivity index (χ4v) is 4.44. The van der Waals surface area contributed by atoms with E-state index in [4.69, 9.17) is 11.6 Å². The first-order valence-corrected chi connectivity index (χ1v) is 10.5. The van der Waals surface area contributed by atoms with Gasteiger partial charge in [-0.25, -0.2) is 0 Å². The van der Waals surface area contributed by atoms with Crippen molar-refractivity contribution in [1.29, 1.82) is 0 Å². The predicted molar refractivity (Wildman–Crippen MR) is 117 cm³/mol. The maximum absolute atomic E-state index is 10.7. The highest BCUT2D eigenvalue weighted by atomic mass is 35.5. The van der Waals surface area contributed by atoms with Gasteiger partial charge < -0.3 is 4.90 Å². The van der Waals surface area contributed by atoms with Crippen LogP contribution >= 0.6 is 11.6 Å². The van der Waals surface area contributed by atoms with Crippen molar-refractivity contribution in [3.05, 3.63) is 70.3 Å². The summed E-state index contributed by atoms with van der Waals surface area (Å²) >= 11 is 6.08. The molecule has 2 aromatic carbocycles. The van der Waals surface area contributed by atoms with E-state index in [9.17, 15) is 4.79 Å². The van der Waals surface area contributed by atoms with Crippen molar-refractivity contribution in [2.45, 2.75) is 25.7 Å². The van der Waals surface area contributed by atoms with Gasteiger partial charge in [0.05, 0.1) is 0 Å². The minimum Gasteiger partial charge on any atom is -0.369 e. The molecule has 1 fully saturated rings. The average Bonchev–Trinajstić information content (AvgIpc) is 2.75. The van der Waals surface area contributed by atoms with Crippen LogP contribution in [0.3, 0.4) is 0 Å². The summed E-state index contributed by atoms with van der Waals surface area (Å²) in [5, 5.41) is 0.803. The van der Waals surface area contributed by atoms with Crippen LogP contribution in [0.25, 0.3) is 5.57 Å². The third-order valence-corrected chi connectivity index (χ3v) is 6.16. The summed E-state index contributed by atoms with van der Waals surface area (Å²) in [5.41, 5.74) is 6.28. The molecule has 4 rings (SSSR count). The molecule has 0 aromatic heterocycles. The number of nitrogens with zero attached hydrogens (tertiary/aromatic N) is 2. The van der Waals surface area contributed by atoms with Gasteiger partial charge >= 0.3 is 0 Å². The predicted octanol–water partition coefficient (Wildman–Crippen LogP) is 4.95. The van der Waals surface area contributed by atoms with Crippen molar-refractivity contribution in [3.63, 3.8) is 0 Å². The monoisotopic (exact) mass is 393 g/mol. The lowest BCUT2D eigenvalue weighted by Crippen LogP contribution is -2.47. The number of allylic oxidation sites excluding steroid dienone is 1. The van der Waals surface area contributed by atoms with Gasteiger partial charge in [0.15, 0.2) is 0 Å². The summed E-state index contributed by atoms with van der Waals surface area (Å²) in [6.45, 7) is 5.25. The fraction of sp³-hybridized carbons (Fsp3) is 0.375. The molecule has 3 nitrogen and oxygen atoms in total. The van der Waals surface area contributed by atoms with Gasteiger partial charge in [-0.05, 0) is 73.2 Å². The van der Waals surface area contributed by atoms with E-state index in [2.05, 4.69) is 21.9 Å². The number of hydrogen-bond donors (Lipinski definition) is 0. The Kier molecular flexibility index (Phi) is 6.13. The van der Waals surface area contributed by atoms with Crippen molar-refractivity contribution < 1.29 is 4.79 Å². The maximum atomic E-state index is 10.7. The van der Waals surface area contributed by atoms with Crippen LogP contribution in [-0.2, 0) is 4.79 Å². The summed E-state index contributed by atoms with van der Waals surface area (Å²) in [5.74, 6) is 0. The number of hydrogen-bond acceptors (Lipinski definition) is 3. The average molecular weight is 394 g/mol. The summed E-state index contributed by atoms with van der Waals surface area (Å²) < 4.78 is 0. The highest BCUT2D eigenvalue weighted by molar-refractivity contribution is 6.30. The smallest absolute Gasteiger partial charge is 0.233 e. The van der Waals surface area contributed by atoms with Gasteiger partial charge in [-0.3, -0.25) is 9.69 Å². The Balaban J connectivity index is 1.41. The second-order valence-corrected chi connectivity index (χ2v) is 8.14. The molecular formula is C24H26ClN2O. The molecule has 1 aliphatic carbocycles. The Morgan fingerprint density at radius 1 is 0.857 bits per heavy atom. The fourth-order valence-electron chi connectivity index (χ4n) is 4.32. The number of carbonyl (C=O) groups excluding carboxylic acids is 1. The third-order valence-electron chi connectivity index (χ3n) is 5.91. The molecule has 0 saturated carbocycles. The van der Waals surface area contributed by atoms with E-state index in [1.54, 1.807) is 5.57 Å². The van der Waals surface area contributed by atoms with Gasteiger partial charge in [0.2, 0.25) is 6.29 Å². The van der Waals surface area contributed by atoms with Crippen molar-refractivity contribution >= 4 is 29.1 Å². The molecule has 2 aliphatic rings. The van der Waals surface area contributed by atoms with E-state index in [1.807, 2.05) is 42.7 Å². The lowest BCUT2D eigenvalue weighted by molar-refractivity contribution is 0.275. The van der Waals surface area contributed by atoms with Crippen molar-refractivity contribution in [3.8, 4) is 0 Å². The SMILES string of the molecule is O=[C]c1ccc(N2CCN(CC3=C(c4ccc(Cl)cc4)CCCC3)CC2)cc1. The molecule has 145 valence electrons. The topological polar surface area (TPSA) is 23.6 Å². The van der Waals surface area contributed by atoms with Gasteiger partial charge in [-0.1, -0.05) is 29.3 Å². The number of halogens is 1. The molecule has 28 heavy (non-hydrogen) atoms. The lowest BCUT2D eigenvalue weighted by atomic mass is 9.87. The summed E-state index contributed by atoms with van der Waals surface area (Å²) in [7, 11) is 0. The summed E-state index contributed by atoms with van der Waals surface area (Å²) in [6.07, 6.45) is 6.91. The molecule has 0 atom stereocenters. The largest absolute Gasteiger partial charge is 0.369 e. The van der Waals surface area contributed by atoms with Crippen molar-refractivity contribution in [2.24, 2.45) is 0 Å². The second kappa shape index (κ2) is 8.93. The molecule has 0 amide bonds. The normalized spacial score (nSPS) is 18.4. The first-order valence-electron chi connectivity index (χ1n) is 10.2. The lowest BCUT2D eigenvalue weighted by Gasteiger charge is -2.37. The molecule has 0 bridgehead atoms. The molecule has 1 heterocycles. The minimum absolute atomic E-state index is 0.612. The van der Waals surface area contributed by atoms with Gasteiger partial charge in [0.25, 0.3) is 0 Å². The van der Waals surface area contributed by atoms with Gasteiger partial charge in [0, 0.05) is 49.0 Å². The van der Waals surface area contributed by atoms with Crippen LogP contribution in [0.5, 0.6) is 0 Å². The standard InChI is InChI=1S/C24H26ClN2O/c25-22-9-7-20(8-10-22)24-4-2-1-3-21(24)17-26-13-15-27(16-14-26)23-11-5-19(18-28)6-12-23/h5-12H,1-4,13-17H2. The van der Waals surface area contributed by atoms with Crippen LogP contribution in [0, 0.1) is 0 Å². The van der Waals surface area contributed by atoms with Crippen LogP contribution in [0.15, 0.2) is 54.1 Å².